The van der Waals surface area contributed by atoms with Gasteiger partial charge in [0.25, 0.3) is 5.91 Å². The Bertz CT molecular complexity index is 1520. The van der Waals surface area contributed by atoms with Crippen molar-refractivity contribution in [1.82, 2.24) is 29.9 Å². The average molecular weight is 465 g/mol. The van der Waals surface area contributed by atoms with Gasteiger partial charge in [0.1, 0.15) is 0 Å². The van der Waals surface area contributed by atoms with Crippen LogP contribution in [-0.2, 0) is 20.1 Å². The Morgan fingerprint density at radius 3 is 2.31 bits per heavy atom. The molecular formula is C28H28N6O. The van der Waals surface area contributed by atoms with Crippen LogP contribution in [0.3, 0.4) is 0 Å². The Balaban J connectivity index is 1.45. The highest BCUT2D eigenvalue weighted by Crippen LogP contribution is 2.27. The Hall–Kier alpha value is -4.26. The summed E-state index contributed by atoms with van der Waals surface area (Å²) in [7, 11) is 1.85. The predicted molar refractivity (Wildman–Crippen MR) is 137 cm³/mol. The molecule has 0 atom stereocenters. The fraction of sp³-hybridized carbons (Fsp3) is 0.214. The number of nitrogens with zero attached hydrogens (tertiary/aromatic N) is 5. The number of carbonyl (C=O) groups excluding carboxylic acids is 1. The molecule has 0 bridgehead atoms. The summed E-state index contributed by atoms with van der Waals surface area (Å²) in [6.07, 6.45) is 0. The van der Waals surface area contributed by atoms with Crippen molar-refractivity contribution in [2.24, 2.45) is 7.05 Å². The highest BCUT2D eigenvalue weighted by molar-refractivity contribution is 6.07. The van der Waals surface area contributed by atoms with E-state index in [1.54, 1.807) is 4.68 Å². The van der Waals surface area contributed by atoms with Crippen LogP contribution < -0.4 is 5.32 Å². The van der Waals surface area contributed by atoms with Crippen LogP contribution in [0.15, 0.2) is 66.7 Å². The molecular weight excluding hydrogens is 436 g/mol. The van der Waals surface area contributed by atoms with Gasteiger partial charge in [-0.2, -0.15) is 10.2 Å². The van der Waals surface area contributed by atoms with Crippen molar-refractivity contribution >= 4 is 16.9 Å². The average Bonchev–Trinajstić information content (AvgIpc) is 3.31. The predicted octanol–water partition coefficient (Wildman–Crippen LogP) is 4.74. The summed E-state index contributed by atoms with van der Waals surface area (Å²) >= 11 is 0. The molecule has 0 saturated heterocycles. The summed E-state index contributed by atoms with van der Waals surface area (Å²) in [5, 5.41) is 13.1. The molecule has 0 fully saturated rings. The Labute approximate surface area is 204 Å². The van der Waals surface area contributed by atoms with Gasteiger partial charge in [0.15, 0.2) is 5.65 Å². The summed E-state index contributed by atoms with van der Waals surface area (Å²) in [4.78, 5) is 18.3. The molecule has 0 aliphatic heterocycles. The number of hydrogen-bond acceptors (Lipinski definition) is 4. The first-order valence-electron chi connectivity index (χ1n) is 11.7. The summed E-state index contributed by atoms with van der Waals surface area (Å²) < 4.78 is 3.73. The van der Waals surface area contributed by atoms with Crippen molar-refractivity contribution in [2.75, 3.05) is 0 Å². The molecule has 0 aliphatic carbocycles. The lowest BCUT2D eigenvalue weighted by Crippen LogP contribution is -2.24. The number of nitrogens with one attached hydrogen (secondary N) is 1. The molecule has 7 heteroatoms. The molecule has 35 heavy (non-hydrogen) atoms. The van der Waals surface area contributed by atoms with Crippen LogP contribution in [0.25, 0.3) is 22.3 Å². The van der Waals surface area contributed by atoms with Gasteiger partial charge >= 0.3 is 0 Å². The first-order valence-corrected chi connectivity index (χ1v) is 11.7. The topological polar surface area (TPSA) is 77.6 Å². The normalized spacial score (nSPS) is 11.2. The first kappa shape index (κ1) is 22.5. The van der Waals surface area contributed by atoms with Crippen molar-refractivity contribution < 1.29 is 4.79 Å². The molecule has 7 nitrogen and oxygen atoms in total. The van der Waals surface area contributed by atoms with Gasteiger partial charge in [-0.05, 0) is 32.4 Å². The largest absolute Gasteiger partial charge is 0.348 e. The zero-order valence-electron chi connectivity index (χ0n) is 20.4. The van der Waals surface area contributed by atoms with E-state index >= 15 is 0 Å². The molecule has 5 aromatic rings. The van der Waals surface area contributed by atoms with Crippen molar-refractivity contribution in [2.45, 2.75) is 33.9 Å². The fourth-order valence-electron chi connectivity index (χ4n) is 4.54. The maximum Gasteiger partial charge on any atom is 0.252 e. The molecule has 3 aromatic heterocycles. The van der Waals surface area contributed by atoms with Gasteiger partial charge in [0.05, 0.1) is 34.6 Å². The summed E-state index contributed by atoms with van der Waals surface area (Å²) in [5.41, 5.74) is 7.94. The number of aryl methyl sites for hydroxylation is 3. The van der Waals surface area contributed by atoms with E-state index in [9.17, 15) is 4.79 Å². The van der Waals surface area contributed by atoms with E-state index in [1.165, 1.54) is 5.56 Å². The highest BCUT2D eigenvalue weighted by Gasteiger charge is 2.20. The first-order chi connectivity index (χ1) is 16.9. The van der Waals surface area contributed by atoms with Gasteiger partial charge in [-0.3, -0.25) is 14.2 Å². The standard InChI is InChI=1S/C28H28N6O/c1-18-24(20(3)34(32-18)17-21-11-7-5-8-12-21)16-29-28(35)23-15-25(22-13-9-6-10-14-22)30-27-26(23)19(2)31-33(27)4/h5-15H,16-17H2,1-4H3,(H,29,35). The maximum atomic E-state index is 13.5. The molecule has 176 valence electrons. The van der Waals surface area contributed by atoms with E-state index < -0.39 is 0 Å². The third kappa shape index (κ3) is 4.33. The van der Waals surface area contributed by atoms with Crippen LogP contribution >= 0.6 is 0 Å². The third-order valence-corrected chi connectivity index (χ3v) is 6.42. The van der Waals surface area contributed by atoms with Gasteiger partial charge in [-0.25, -0.2) is 4.98 Å². The fourth-order valence-corrected chi connectivity index (χ4v) is 4.54. The van der Waals surface area contributed by atoms with Crippen LogP contribution in [0.4, 0.5) is 0 Å². The smallest absolute Gasteiger partial charge is 0.252 e. The van der Waals surface area contributed by atoms with Gasteiger partial charge in [0.2, 0.25) is 0 Å². The lowest BCUT2D eigenvalue weighted by molar-refractivity contribution is 0.0952. The number of aromatic nitrogens is 5. The molecule has 3 heterocycles. The number of fused-ring (bicyclic) bond motifs is 1. The molecule has 1 amide bonds. The second kappa shape index (κ2) is 9.18. The number of pyridine rings is 1. The number of rotatable bonds is 6. The van der Waals surface area contributed by atoms with Crippen LogP contribution in [0.5, 0.6) is 0 Å². The monoisotopic (exact) mass is 464 g/mol. The number of amides is 1. The van der Waals surface area contributed by atoms with Crippen LogP contribution in [0.1, 0.15) is 38.6 Å². The SMILES string of the molecule is Cc1nn(Cc2ccccc2)c(C)c1CNC(=O)c1cc(-c2ccccc2)nc2c1c(C)nn2C. The minimum atomic E-state index is -0.153. The summed E-state index contributed by atoms with van der Waals surface area (Å²) in [6, 6.07) is 22.0. The second-order valence-electron chi connectivity index (χ2n) is 8.80. The van der Waals surface area contributed by atoms with Crippen LogP contribution in [0, 0.1) is 20.8 Å². The Morgan fingerprint density at radius 1 is 0.914 bits per heavy atom. The van der Waals surface area contributed by atoms with Crippen LogP contribution in [0.2, 0.25) is 0 Å². The molecule has 0 spiro atoms. The van der Waals surface area contributed by atoms with E-state index in [1.807, 2.05) is 87.1 Å². The molecule has 2 aromatic carbocycles. The van der Waals surface area contributed by atoms with E-state index in [-0.39, 0.29) is 5.91 Å². The van der Waals surface area contributed by atoms with Crippen molar-refractivity contribution in [3.05, 3.63) is 101 Å². The molecule has 1 N–H and O–H groups in total. The molecule has 0 radical (unpaired) electrons. The van der Waals surface area contributed by atoms with Gasteiger partial charge in [-0.15, -0.1) is 0 Å². The lowest BCUT2D eigenvalue weighted by atomic mass is 10.0. The molecule has 0 aliphatic rings. The third-order valence-electron chi connectivity index (χ3n) is 6.42. The second-order valence-corrected chi connectivity index (χ2v) is 8.80. The van der Waals surface area contributed by atoms with Crippen molar-refractivity contribution in [3.8, 4) is 11.3 Å². The van der Waals surface area contributed by atoms with Gasteiger partial charge < -0.3 is 5.32 Å². The Kier molecular flexibility index (Phi) is 5.91. The van der Waals surface area contributed by atoms with Crippen molar-refractivity contribution in [3.63, 3.8) is 0 Å². The number of hydrogen-bond donors (Lipinski definition) is 1. The van der Waals surface area contributed by atoms with E-state index in [4.69, 9.17) is 10.1 Å². The zero-order valence-corrected chi connectivity index (χ0v) is 20.4. The van der Waals surface area contributed by atoms with Crippen LogP contribution in [-0.4, -0.2) is 30.5 Å². The Morgan fingerprint density at radius 2 is 1.60 bits per heavy atom. The summed E-state index contributed by atoms with van der Waals surface area (Å²) in [6.45, 7) is 7.04. The molecule has 5 rings (SSSR count). The highest BCUT2D eigenvalue weighted by atomic mass is 16.1. The van der Waals surface area contributed by atoms with E-state index in [0.29, 0.717) is 24.3 Å². The van der Waals surface area contributed by atoms with Gasteiger partial charge in [0, 0.05) is 30.4 Å². The number of carbonyl (C=O) groups is 1. The minimum Gasteiger partial charge on any atom is -0.348 e. The van der Waals surface area contributed by atoms with E-state index in [2.05, 4.69) is 22.5 Å². The quantitative estimate of drug-likeness (QED) is 0.394. The zero-order chi connectivity index (χ0) is 24.5. The maximum absolute atomic E-state index is 13.5. The molecule has 0 saturated carbocycles. The van der Waals surface area contributed by atoms with E-state index in [0.717, 1.165) is 39.3 Å². The minimum absolute atomic E-state index is 0.153. The number of benzene rings is 2. The lowest BCUT2D eigenvalue weighted by Gasteiger charge is -2.10. The molecule has 0 unspecified atom stereocenters. The van der Waals surface area contributed by atoms with Crippen molar-refractivity contribution in [1.29, 1.82) is 0 Å². The van der Waals surface area contributed by atoms with Gasteiger partial charge in [-0.1, -0.05) is 60.7 Å². The summed E-state index contributed by atoms with van der Waals surface area (Å²) in [5.74, 6) is -0.153.